The molecule has 1 aromatic rings. The van der Waals surface area contributed by atoms with Gasteiger partial charge in [0, 0.05) is 36.8 Å². The van der Waals surface area contributed by atoms with Crippen molar-refractivity contribution >= 4 is 17.9 Å². The molecule has 0 spiro atoms. The van der Waals surface area contributed by atoms with E-state index in [2.05, 4.69) is 4.90 Å². The Morgan fingerprint density at radius 1 is 1.11 bits per heavy atom. The third-order valence-corrected chi connectivity index (χ3v) is 6.15. The summed E-state index contributed by atoms with van der Waals surface area (Å²) in [6.07, 6.45) is 9.58. The minimum atomic E-state index is -0.0506. The number of carbonyl (C=O) groups excluding carboxylic acids is 2. The number of carbonyl (C=O) groups is 2. The van der Waals surface area contributed by atoms with Gasteiger partial charge in [0.1, 0.15) is 5.75 Å². The van der Waals surface area contributed by atoms with Gasteiger partial charge in [0.25, 0.3) is 5.91 Å². The van der Waals surface area contributed by atoms with Crippen LogP contribution in [-0.4, -0.2) is 47.3 Å². The summed E-state index contributed by atoms with van der Waals surface area (Å²) in [4.78, 5) is 30.1. The topological polar surface area (TPSA) is 49.9 Å². The number of benzene rings is 1. The van der Waals surface area contributed by atoms with Crippen LogP contribution >= 0.6 is 0 Å². The Kier molecular flexibility index (Phi) is 4.03. The lowest BCUT2D eigenvalue weighted by molar-refractivity contribution is -0.140. The lowest BCUT2D eigenvalue weighted by atomic mass is 9.94. The fourth-order valence-electron chi connectivity index (χ4n) is 4.44. The zero-order valence-corrected chi connectivity index (χ0v) is 15.3. The first-order valence-corrected chi connectivity index (χ1v) is 9.93. The van der Waals surface area contributed by atoms with E-state index in [0.29, 0.717) is 24.6 Å². The molecule has 2 amide bonds. The van der Waals surface area contributed by atoms with E-state index >= 15 is 0 Å². The molecule has 4 heterocycles. The van der Waals surface area contributed by atoms with E-state index in [1.165, 1.54) is 12.8 Å². The van der Waals surface area contributed by atoms with Gasteiger partial charge >= 0.3 is 0 Å². The average Bonchev–Trinajstić information content (AvgIpc) is 3.52. The largest absolute Gasteiger partial charge is 0.464 e. The second-order valence-corrected chi connectivity index (χ2v) is 8.13. The van der Waals surface area contributed by atoms with E-state index in [0.717, 1.165) is 30.7 Å². The van der Waals surface area contributed by atoms with Crippen molar-refractivity contribution in [2.75, 3.05) is 19.6 Å². The van der Waals surface area contributed by atoms with Gasteiger partial charge in [-0.15, -0.1) is 0 Å². The standard InChI is InChI=1S/C22H24N2O3/c25-21(17-9-10-27-20-4-2-1-3-16(20)11-17)23-13-18-7-8-19(14-23)24(22(18)26)12-15-5-6-15/h1-4,9-11,15,18-19H,5-8,12-14H2/t18-,19+/m0/s1. The van der Waals surface area contributed by atoms with Crippen LogP contribution in [0.4, 0.5) is 0 Å². The van der Waals surface area contributed by atoms with Gasteiger partial charge < -0.3 is 14.5 Å². The molecular formula is C22H24N2O3. The van der Waals surface area contributed by atoms with Crippen LogP contribution in [0.1, 0.15) is 31.2 Å². The molecule has 5 aliphatic rings. The van der Waals surface area contributed by atoms with Gasteiger partial charge in [-0.1, -0.05) is 18.2 Å². The van der Waals surface area contributed by atoms with Gasteiger partial charge in [0.15, 0.2) is 0 Å². The summed E-state index contributed by atoms with van der Waals surface area (Å²) in [5.74, 6) is 1.62. The van der Waals surface area contributed by atoms with E-state index in [1.807, 2.05) is 35.2 Å². The minimum Gasteiger partial charge on any atom is -0.464 e. The zero-order chi connectivity index (χ0) is 18.4. The Morgan fingerprint density at radius 2 is 1.96 bits per heavy atom. The number of hydrogen-bond donors (Lipinski definition) is 0. The Balaban J connectivity index is 1.39. The third-order valence-electron chi connectivity index (χ3n) is 6.15. The molecule has 27 heavy (non-hydrogen) atoms. The van der Waals surface area contributed by atoms with Crippen LogP contribution < -0.4 is 4.74 Å². The fourth-order valence-corrected chi connectivity index (χ4v) is 4.44. The SMILES string of the molecule is O=C(C1=Cc2ccccc2OC=C1)N1C[C@@H]2CC[C@H](C1)N(CC1CC1)C2=O. The van der Waals surface area contributed by atoms with Crippen LogP contribution in [0, 0.1) is 11.8 Å². The number of nitrogens with zero attached hydrogens (tertiary/aromatic N) is 2. The van der Waals surface area contributed by atoms with E-state index in [4.69, 9.17) is 4.74 Å². The Hall–Kier alpha value is -2.56. The quantitative estimate of drug-likeness (QED) is 0.829. The summed E-state index contributed by atoms with van der Waals surface area (Å²) in [5.41, 5.74) is 1.51. The van der Waals surface area contributed by atoms with Crippen molar-refractivity contribution < 1.29 is 14.3 Å². The highest BCUT2D eigenvalue weighted by Crippen LogP contribution is 2.36. The number of amides is 2. The zero-order valence-electron chi connectivity index (χ0n) is 15.3. The van der Waals surface area contributed by atoms with Crippen LogP contribution in [0.3, 0.4) is 0 Å². The lowest BCUT2D eigenvalue weighted by Gasteiger charge is -2.36. The molecule has 3 saturated heterocycles. The molecule has 1 aliphatic carbocycles. The van der Waals surface area contributed by atoms with Crippen molar-refractivity contribution in [2.24, 2.45) is 11.8 Å². The maximum absolute atomic E-state index is 13.3. The normalized spacial score (nSPS) is 26.8. The van der Waals surface area contributed by atoms with E-state index in [9.17, 15) is 9.59 Å². The first kappa shape index (κ1) is 16.6. The third kappa shape index (κ3) is 3.15. The lowest BCUT2D eigenvalue weighted by Crippen LogP contribution is -2.48. The molecule has 0 unspecified atom stereocenters. The molecule has 0 radical (unpaired) electrons. The van der Waals surface area contributed by atoms with Gasteiger partial charge in [-0.05, 0) is 49.8 Å². The Labute approximate surface area is 159 Å². The smallest absolute Gasteiger partial charge is 0.254 e. The van der Waals surface area contributed by atoms with E-state index in [1.54, 1.807) is 12.3 Å². The molecule has 6 rings (SSSR count). The fraction of sp³-hybridized carbons (Fsp3) is 0.455. The molecule has 2 atom stereocenters. The van der Waals surface area contributed by atoms with Gasteiger partial charge in [-0.2, -0.15) is 0 Å². The average molecular weight is 364 g/mol. The number of rotatable bonds is 3. The maximum atomic E-state index is 13.3. The number of hydrogen-bond acceptors (Lipinski definition) is 3. The van der Waals surface area contributed by atoms with Gasteiger partial charge in [-0.3, -0.25) is 9.59 Å². The van der Waals surface area contributed by atoms with Crippen molar-refractivity contribution in [1.82, 2.24) is 9.80 Å². The summed E-state index contributed by atoms with van der Waals surface area (Å²) in [5, 5.41) is 0. The molecule has 4 aliphatic heterocycles. The van der Waals surface area contributed by atoms with Crippen LogP contribution in [0.2, 0.25) is 0 Å². The molecule has 1 aromatic carbocycles. The number of ether oxygens (including phenoxy) is 1. The summed E-state index contributed by atoms with van der Waals surface area (Å²) >= 11 is 0. The van der Waals surface area contributed by atoms with Crippen molar-refractivity contribution in [3.63, 3.8) is 0 Å². The van der Waals surface area contributed by atoms with Gasteiger partial charge in [0.2, 0.25) is 5.91 Å². The summed E-state index contributed by atoms with van der Waals surface area (Å²) in [6.45, 7) is 2.05. The highest BCUT2D eigenvalue weighted by atomic mass is 16.5. The van der Waals surface area contributed by atoms with Crippen LogP contribution in [0.5, 0.6) is 5.75 Å². The van der Waals surface area contributed by atoms with E-state index < -0.39 is 0 Å². The molecule has 5 heteroatoms. The van der Waals surface area contributed by atoms with Crippen LogP contribution in [-0.2, 0) is 9.59 Å². The Morgan fingerprint density at radius 3 is 2.81 bits per heavy atom. The second-order valence-electron chi connectivity index (χ2n) is 8.13. The first-order chi connectivity index (χ1) is 13.2. The Bertz CT molecular complexity index is 840. The summed E-state index contributed by atoms with van der Waals surface area (Å²) in [6, 6.07) is 7.86. The maximum Gasteiger partial charge on any atom is 0.254 e. The molecule has 4 fully saturated rings. The minimum absolute atomic E-state index is 0.00970. The molecule has 0 N–H and O–H groups in total. The van der Waals surface area contributed by atoms with Crippen molar-refractivity contribution in [1.29, 1.82) is 0 Å². The second kappa shape index (κ2) is 6.55. The number of para-hydroxylation sites is 1. The van der Waals surface area contributed by atoms with Crippen LogP contribution in [0.15, 0.2) is 42.2 Å². The highest BCUT2D eigenvalue weighted by Gasteiger charge is 2.43. The first-order valence-electron chi connectivity index (χ1n) is 9.93. The van der Waals surface area contributed by atoms with Gasteiger partial charge in [0.05, 0.1) is 12.2 Å². The number of piperidine rings is 1. The van der Waals surface area contributed by atoms with Crippen LogP contribution in [0.25, 0.3) is 6.08 Å². The number of fused-ring (bicyclic) bond motifs is 5. The monoisotopic (exact) mass is 364 g/mol. The molecule has 5 nitrogen and oxygen atoms in total. The van der Waals surface area contributed by atoms with Crippen molar-refractivity contribution in [3.8, 4) is 5.75 Å². The molecule has 0 aromatic heterocycles. The summed E-state index contributed by atoms with van der Waals surface area (Å²) in [7, 11) is 0. The van der Waals surface area contributed by atoms with Gasteiger partial charge in [-0.25, -0.2) is 0 Å². The molecule has 1 saturated carbocycles. The molecule has 140 valence electrons. The van der Waals surface area contributed by atoms with E-state index in [-0.39, 0.29) is 23.8 Å². The highest BCUT2D eigenvalue weighted by molar-refractivity contribution is 6.01. The predicted molar refractivity (Wildman–Crippen MR) is 102 cm³/mol. The molecular weight excluding hydrogens is 340 g/mol. The van der Waals surface area contributed by atoms with Crippen molar-refractivity contribution in [3.05, 3.63) is 47.7 Å². The predicted octanol–water partition coefficient (Wildman–Crippen LogP) is 2.84. The molecule has 2 bridgehead atoms. The summed E-state index contributed by atoms with van der Waals surface area (Å²) < 4.78 is 5.61. The van der Waals surface area contributed by atoms with Crippen molar-refractivity contribution in [2.45, 2.75) is 31.7 Å².